The third kappa shape index (κ3) is 3.42. The fraction of sp³-hybridized carbons (Fsp3) is 0.0667. The average molecular weight is 291 g/mol. The molecule has 0 saturated heterocycles. The number of carbonyl (C=O) groups is 2. The molecule has 0 radical (unpaired) electrons. The van der Waals surface area contributed by atoms with E-state index in [4.69, 9.17) is 0 Å². The van der Waals surface area contributed by atoms with E-state index in [1.54, 1.807) is 0 Å². The van der Waals surface area contributed by atoms with E-state index in [-0.39, 0.29) is 11.3 Å². The zero-order valence-electron chi connectivity index (χ0n) is 11.0. The third-order valence-electron chi connectivity index (χ3n) is 2.75. The standard InChI is InChI=1S/C15H11F2NO3/c1-21-15(20)10-4-2-9(3-5-10)14(19)18-13-7-6-11(16)8-12(13)17/h2-8H,1H3,(H,18,19). The number of methoxy groups -OCH3 is 1. The number of amides is 1. The molecule has 2 aromatic carbocycles. The number of carbonyl (C=O) groups excluding carboxylic acids is 2. The molecule has 1 amide bonds. The molecule has 0 bridgehead atoms. The molecular weight excluding hydrogens is 280 g/mol. The normalized spacial score (nSPS) is 10.0. The molecule has 0 aliphatic heterocycles. The topological polar surface area (TPSA) is 55.4 Å². The molecule has 2 rings (SSSR count). The van der Waals surface area contributed by atoms with Crippen molar-refractivity contribution in [1.82, 2.24) is 0 Å². The van der Waals surface area contributed by atoms with Crippen LogP contribution in [-0.4, -0.2) is 19.0 Å². The third-order valence-corrected chi connectivity index (χ3v) is 2.75. The molecule has 0 heterocycles. The maximum absolute atomic E-state index is 13.4. The van der Waals surface area contributed by atoms with Gasteiger partial charge in [-0.05, 0) is 36.4 Å². The Labute approximate surface area is 119 Å². The smallest absolute Gasteiger partial charge is 0.337 e. The predicted octanol–water partition coefficient (Wildman–Crippen LogP) is 3.00. The minimum Gasteiger partial charge on any atom is -0.465 e. The van der Waals surface area contributed by atoms with Crippen molar-refractivity contribution in [3.8, 4) is 0 Å². The van der Waals surface area contributed by atoms with Gasteiger partial charge in [0.1, 0.15) is 11.6 Å². The van der Waals surface area contributed by atoms with Crippen LogP contribution in [0, 0.1) is 11.6 Å². The summed E-state index contributed by atoms with van der Waals surface area (Å²) in [6.07, 6.45) is 0. The Morgan fingerprint density at radius 3 is 2.19 bits per heavy atom. The Kier molecular flexibility index (Phi) is 4.27. The fourth-order valence-corrected chi connectivity index (χ4v) is 1.66. The second kappa shape index (κ2) is 6.13. The van der Waals surface area contributed by atoms with Crippen LogP contribution in [-0.2, 0) is 4.74 Å². The average Bonchev–Trinajstić information content (AvgIpc) is 2.49. The van der Waals surface area contributed by atoms with E-state index in [1.165, 1.54) is 31.4 Å². The Bertz CT molecular complexity index is 684. The quantitative estimate of drug-likeness (QED) is 0.884. The summed E-state index contributed by atoms with van der Waals surface area (Å²) in [5.74, 6) is -2.69. The van der Waals surface area contributed by atoms with Crippen molar-refractivity contribution in [1.29, 1.82) is 0 Å². The minimum atomic E-state index is -0.866. The lowest BCUT2D eigenvalue weighted by atomic mass is 10.1. The molecule has 0 aliphatic rings. The van der Waals surface area contributed by atoms with Gasteiger partial charge in [-0.3, -0.25) is 4.79 Å². The van der Waals surface area contributed by atoms with Crippen LogP contribution in [0.15, 0.2) is 42.5 Å². The molecule has 108 valence electrons. The number of halogens is 2. The Balaban J connectivity index is 2.15. The fourth-order valence-electron chi connectivity index (χ4n) is 1.66. The van der Waals surface area contributed by atoms with Gasteiger partial charge in [0.15, 0.2) is 0 Å². The van der Waals surface area contributed by atoms with Gasteiger partial charge in [0.2, 0.25) is 0 Å². The summed E-state index contributed by atoms with van der Waals surface area (Å²) in [6, 6.07) is 8.50. The monoisotopic (exact) mass is 291 g/mol. The van der Waals surface area contributed by atoms with Gasteiger partial charge < -0.3 is 10.1 Å². The molecule has 0 fully saturated rings. The van der Waals surface area contributed by atoms with Gasteiger partial charge in [-0.25, -0.2) is 13.6 Å². The number of ether oxygens (including phenoxy) is 1. The van der Waals surface area contributed by atoms with Crippen LogP contribution in [0.1, 0.15) is 20.7 Å². The molecule has 21 heavy (non-hydrogen) atoms. The van der Waals surface area contributed by atoms with Crippen molar-refractivity contribution in [2.45, 2.75) is 0 Å². The van der Waals surface area contributed by atoms with Gasteiger partial charge in [0.25, 0.3) is 5.91 Å². The summed E-state index contributed by atoms with van der Waals surface area (Å²) in [5, 5.41) is 2.32. The van der Waals surface area contributed by atoms with Crippen molar-refractivity contribution < 1.29 is 23.1 Å². The Morgan fingerprint density at radius 2 is 1.62 bits per heavy atom. The van der Waals surface area contributed by atoms with Crippen molar-refractivity contribution >= 4 is 17.6 Å². The first-order valence-electron chi connectivity index (χ1n) is 5.96. The van der Waals surface area contributed by atoms with Crippen LogP contribution in [0.2, 0.25) is 0 Å². The van der Waals surface area contributed by atoms with E-state index in [1.807, 2.05) is 0 Å². The molecule has 4 nitrogen and oxygen atoms in total. The SMILES string of the molecule is COC(=O)c1ccc(C(=O)Nc2ccc(F)cc2F)cc1. The second-order valence-corrected chi connectivity index (χ2v) is 4.15. The van der Waals surface area contributed by atoms with E-state index < -0.39 is 23.5 Å². The number of hydrogen-bond acceptors (Lipinski definition) is 3. The molecule has 0 aliphatic carbocycles. The first kappa shape index (κ1) is 14.6. The number of benzene rings is 2. The maximum Gasteiger partial charge on any atom is 0.337 e. The number of nitrogens with one attached hydrogen (secondary N) is 1. The largest absolute Gasteiger partial charge is 0.465 e. The lowest BCUT2D eigenvalue weighted by Gasteiger charge is -2.07. The van der Waals surface area contributed by atoms with Crippen molar-refractivity contribution in [2.75, 3.05) is 12.4 Å². The van der Waals surface area contributed by atoms with E-state index in [0.29, 0.717) is 11.6 Å². The summed E-state index contributed by atoms with van der Waals surface area (Å²) in [4.78, 5) is 23.2. The Morgan fingerprint density at radius 1 is 1.00 bits per heavy atom. The molecule has 1 N–H and O–H groups in total. The summed E-state index contributed by atoms with van der Waals surface area (Å²) in [6.45, 7) is 0. The molecule has 0 saturated carbocycles. The lowest BCUT2D eigenvalue weighted by Crippen LogP contribution is -2.13. The highest BCUT2D eigenvalue weighted by Gasteiger charge is 2.11. The minimum absolute atomic E-state index is 0.126. The number of hydrogen-bond donors (Lipinski definition) is 1. The van der Waals surface area contributed by atoms with Gasteiger partial charge in [-0.1, -0.05) is 0 Å². The first-order chi connectivity index (χ1) is 10.0. The Hall–Kier alpha value is -2.76. The molecule has 0 unspecified atom stereocenters. The van der Waals surface area contributed by atoms with Gasteiger partial charge >= 0.3 is 5.97 Å². The van der Waals surface area contributed by atoms with E-state index in [2.05, 4.69) is 10.1 Å². The zero-order chi connectivity index (χ0) is 15.4. The summed E-state index contributed by atoms with van der Waals surface area (Å²) in [5.41, 5.74) is 0.395. The van der Waals surface area contributed by atoms with Crippen LogP contribution in [0.3, 0.4) is 0 Å². The van der Waals surface area contributed by atoms with Crippen molar-refractivity contribution in [3.05, 3.63) is 65.2 Å². The van der Waals surface area contributed by atoms with E-state index in [9.17, 15) is 18.4 Å². The molecule has 0 spiro atoms. The van der Waals surface area contributed by atoms with Gasteiger partial charge in [0, 0.05) is 11.6 Å². The van der Waals surface area contributed by atoms with Crippen molar-refractivity contribution in [2.24, 2.45) is 0 Å². The van der Waals surface area contributed by atoms with Crippen LogP contribution in [0.25, 0.3) is 0 Å². The highest BCUT2D eigenvalue weighted by atomic mass is 19.1. The summed E-state index contributed by atoms with van der Waals surface area (Å²) >= 11 is 0. The van der Waals surface area contributed by atoms with Crippen molar-refractivity contribution in [3.63, 3.8) is 0 Å². The lowest BCUT2D eigenvalue weighted by molar-refractivity contribution is 0.0600. The summed E-state index contributed by atoms with van der Waals surface area (Å²) in [7, 11) is 1.25. The van der Waals surface area contributed by atoms with Crippen LogP contribution < -0.4 is 5.32 Å². The number of esters is 1. The maximum atomic E-state index is 13.4. The first-order valence-corrected chi connectivity index (χ1v) is 5.96. The molecule has 0 atom stereocenters. The zero-order valence-corrected chi connectivity index (χ0v) is 11.0. The molecule has 0 aromatic heterocycles. The molecule has 2 aromatic rings. The highest BCUT2D eigenvalue weighted by molar-refractivity contribution is 6.04. The number of rotatable bonds is 3. The molecular formula is C15H11F2NO3. The van der Waals surface area contributed by atoms with Crippen LogP contribution in [0.4, 0.5) is 14.5 Å². The van der Waals surface area contributed by atoms with Gasteiger partial charge in [0.05, 0.1) is 18.4 Å². The second-order valence-electron chi connectivity index (χ2n) is 4.15. The predicted molar refractivity (Wildman–Crippen MR) is 72.1 cm³/mol. The van der Waals surface area contributed by atoms with Crippen LogP contribution in [0.5, 0.6) is 0 Å². The van der Waals surface area contributed by atoms with Crippen LogP contribution >= 0.6 is 0 Å². The number of anilines is 1. The van der Waals surface area contributed by atoms with E-state index >= 15 is 0 Å². The van der Waals surface area contributed by atoms with E-state index in [0.717, 1.165) is 12.1 Å². The summed E-state index contributed by atoms with van der Waals surface area (Å²) < 4.78 is 30.7. The highest BCUT2D eigenvalue weighted by Crippen LogP contribution is 2.16. The van der Waals surface area contributed by atoms with Gasteiger partial charge in [-0.2, -0.15) is 0 Å². The molecule has 6 heteroatoms. The van der Waals surface area contributed by atoms with Gasteiger partial charge in [-0.15, -0.1) is 0 Å².